The van der Waals surface area contributed by atoms with E-state index in [0.717, 1.165) is 27.5 Å². The summed E-state index contributed by atoms with van der Waals surface area (Å²) in [6.45, 7) is 6.17. The van der Waals surface area contributed by atoms with Crippen LogP contribution in [0.25, 0.3) is 21.9 Å². The number of carbonyl (C=O) groups excluding carboxylic acids is 2. The summed E-state index contributed by atoms with van der Waals surface area (Å²) in [5.41, 5.74) is 4.74. The lowest BCUT2D eigenvalue weighted by atomic mass is 10.2. The number of hydrogen-bond acceptors (Lipinski definition) is 2. The number of nitrogens with one attached hydrogen (secondary N) is 1. The summed E-state index contributed by atoms with van der Waals surface area (Å²) < 4.78 is 3.70. The fraction of sp³-hybridized carbons (Fsp3) is 0.250. The maximum absolute atomic E-state index is 13.2. The van der Waals surface area contributed by atoms with Gasteiger partial charge in [0.05, 0.1) is 16.6 Å². The number of aryl methyl sites for hydroxylation is 1. The molecule has 6 nitrogen and oxygen atoms in total. The van der Waals surface area contributed by atoms with Crippen molar-refractivity contribution < 1.29 is 9.59 Å². The third-order valence-corrected chi connectivity index (χ3v) is 5.26. The highest BCUT2D eigenvalue weighted by Gasteiger charge is 2.26. The Labute approximate surface area is 175 Å². The van der Waals surface area contributed by atoms with Crippen molar-refractivity contribution >= 4 is 39.6 Å². The smallest absolute Gasteiger partial charge is 0.328 e. The van der Waals surface area contributed by atoms with E-state index in [0.29, 0.717) is 11.4 Å². The molecule has 0 bridgehead atoms. The van der Waals surface area contributed by atoms with Gasteiger partial charge in [0.15, 0.2) is 0 Å². The zero-order valence-corrected chi connectivity index (χ0v) is 17.9. The molecule has 0 spiro atoms. The predicted molar refractivity (Wildman–Crippen MR) is 121 cm³/mol. The van der Waals surface area contributed by atoms with Crippen LogP contribution in [0.4, 0.5) is 10.5 Å². The summed E-state index contributed by atoms with van der Waals surface area (Å²) >= 11 is 0. The van der Waals surface area contributed by atoms with E-state index in [9.17, 15) is 9.59 Å². The number of carbonyl (C=O) groups is 2. The zero-order valence-electron chi connectivity index (χ0n) is 17.9. The van der Waals surface area contributed by atoms with E-state index in [4.69, 9.17) is 0 Å². The fourth-order valence-electron chi connectivity index (χ4n) is 3.99. The first-order chi connectivity index (χ1) is 14.3. The van der Waals surface area contributed by atoms with Crippen molar-refractivity contribution in [2.75, 3.05) is 19.4 Å². The van der Waals surface area contributed by atoms with Gasteiger partial charge in [-0.1, -0.05) is 30.3 Å². The summed E-state index contributed by atoms with van der Waals surface area (Å²) in [4.78, 5) is 27.9. The van der Waals surface area contributed by atoms with Gasteiger partial charge in [0, 0.05) is 31.2 Å². The monoisotopic (exact) mass is 402 g/mol. The van der Waals surface area contributed by atoms with Crippen LogP contribution in [0.5, 0.6) is 0 Å². The summed E-state index contributed by atoms with van der Waals surface area (Å²) in [5.74, 6) is -0.314. The normalized spacial score (nSPS) is 11.4. The highest BCUT2D eigenvalue weighted by Crippen LogP contribution is 2.34. The number of para-hydroxylation sites is 1. The highest BCUT2D eigenvalue weighted by molar-refractivity contribution is 6.16. The second-order valence-corrected chi connectivity index (χ2v) is 8.08. The quantitative estimate of drug-likeness (QED) is 0.508. The molecular weight excluding hydrogens is 376 g/mol. The molecule has 0 radical (unpaired) electrons. The number of aromatic nitrogens is 2. The van der Waals surface area contributed by atoms with E-state index in [1.807, 2.05) is 61.5 Å². The van der Waals surface area contributed by atoms with E-state index in [2.05, 4.69) is 23.7 Å². The lowest BCUT2D eigenvalue weighted by Crippen LogP contribution is -2.30. The van der Waals surface area contributed by atoms with Gasteiger partial charge in [-0.3, -0.25) is 9.36 Å². The Hall–Kier alpha value is -3.54. The Bertz CT molecular complexity index is 1280. The van der Waals surface area contributed by atoms with Crippen LogP contribution in [0.3, 0.4) is 0 Å². The molecule has 6 heteroatoms. The minimum atomic E-state index is -0.314. The Morgan fingerprint density at radius 3 is 2.37 bits per heavy atom. The lowest BCUT2D eigenvalue weighted by Gasteiger charge is -2.15. The van der Waals surface area contributed by atoms with Crippen molar-refractivity contribution in [2.24, 2.45) is 0 Å². The number of fused-ring (bicyclic) bond motifs is 3. The van der Waals surface area contributed by atoms with Crippen LogP contribution in [0.2, 0.25) is 0 Å². The van der Waals surface area contributed by atoms with Crippen molar-refractivity contribution in [3.05, 3.63) is 65.9 Å². The second kappa shape index (κ2) is 7.37. The standard InChI is InChI=1S/C24H26N4O2/c1-15(2)27-19-12-7-6-11-18(19)22-20(27)14-21(28(22)24(30)26(4)5)23(29)25-17-10-8-9-16(3)13-17/h6-15H,1-5H3,(H,25,29). The number of hydrogen-bond donors (Lipinski definition) is 1. The number of nitrogens with zero attached hydrogens (tertiary/aromatic N) is 3. The number of benzene rings is 2. The molecule has 0 aliphatic heterocycles. The molecule has 2 aromatic heterocycles. The Morgan fingerprint density at radius 1 is 0.967 bits per heavy atom. The molecule has 30 heavy (non-hydrogen) atoms. The average molecular weight is 402 g/mol. The third-order valence-electron chi connectivity index (χ3n) is 5.26. The van der Waals surface area contributed by atoms with Crippen LogP contribution < -0.4 is 5.32 Å². The molecule has 0 saturated carbocycles. The summed E-state index contributed by atoms with van der Waals surface area (Å²) in [6, 6.07) is 17.3. The first-order valence-electron chi connectivity index (χ1n) is 10.0. The van der Waals surface area contributed by atoms with Gasteiger partial charge in [-0.15, -0.1) is 0 Å². The van der Waals surface area contributed by atoms with Crippen molar-refractivity contribution in [3.8, 4) is 0 Å². The first-order valence-corrected chi connectivity index (χ1v) is 10.0. The number of rotatable bonds is 3. The Morgan fingerprint density at radius 2 is 1.70 bits per heavy atom. The van der Waals surface area contributed by atoms with Gasteiger partial charge in [0.2, 0.25) is 0 Å². The Kier molecular flexibility index (Phi) is 4.86. The van der Waals surface area contributed by atoms with Crippen LogP contribution >= 0.6 is 0 Å². The van der Waals surface area contributed by atoms with Crippen molar-refractivity contribution in [1.82, 2.24) is 14.0 Å². The van der Waals surface area contributed by atoms with Gasteiger partial charge in [-0.25, -0.2) is 4.79 Å². The molecule has 1 N–H and O–H groups in total. The van der Waals surface area contributed by atoms with Crippen LogP contribution in [0.15, 0.2) is 54.6 Å². The molecular formula is C24H26N4O2. The van der Waals surface area contributed by atoms with Gasteiger partial charge < -0.3 is 14.8 Å². The second-order valence-electron chi connectivity index (χ2n) is 8.08. The van der Waals surface area contributed by atoms with Gasteiger partial charge in [-0.2, -0.15) is 0 Å². The lowest BCUT2D eigenvalue weighted by molar-refractivity contribution is 0.101. The molecule has 0 saturated heterocycles. The molecule has 2 amide bonds. The maximum Gasteiger partial charge on any atom is 0.328 e. The van der Waals surface area contributed by atoms with E-state index in [1.54, 1.807) is 14.1 Å². The minimum Gasteiger partial charge on any atom is -0.337 e. The van der Waals surface area contributed by atoms with E-state index in [-0.39, 0.29) is 18.0 Å². The first kappa shape index (κ1) is 19.8. The fourth-order valence-corrected chi connectivity index (χ4v) is 3.99. The van der Waals surface area contributed by atoms with Gasteiger partial charge >= 0.3 is 6.03 Å². The molecule has 154 valence electrons. The van der Waals surface area contributed by atoms with E-state index < -0.39 is 0 Å². The summed E-state index contributed by atoms with van der Waals surface area (Å²) in [7, 11) is 3.38. The minimum absolute atomic E-state index is 0.172. The topological polar surface area (TPSA) is 59.3 Å². The van der Waals surface area contributed by atoms with Crippen LogP contribution in [-0.2, 0) is 0 Å². The van der Waals surface area contributed by atoms with E-state index >= 15 is 0 Å². The number of anilines is 1. The summed E-state index contributed by atoms with van der Waals surface area (Å²) in [6.07, 6.45) is 0. The van der Waals surface area contributed by atoms with Gasteiger partial charge in [0.1, 0.15) is 5.69 Å². The molecule has 4 aromatic rings. The zero-order chi connectivity index (χ0) is 21.6. The van der Waals surface area contributed by atoms with Gasteiger partial charge in [0.25, 0.3) is 5.91 Å². The Balaban J connectivity index is 1.97. The largest absolute Gasteiger partial charge is 0.337 e. The predicted octanol–water partition coefficient (Wildman–Crippen LogP) is 5.27. The number of amides is 2. The van der Waals surface area contributed by atoms with Gasteiger partial charge in [-0.05, 0) is 50.6 Å². The van der Waals surface area contributed by atoms with Crippen LogP contribution in [-0.4, -0.2) is 40.1 Å². The molecule has 0 aliphatic rings. The highest BCUT2D eigenvalue weighted by atomic mass is 16.2. The molecule has 4 rings (SSSR count). The molecule has 0 fully saturated rings. The average Bonchev–Trinajstić information content (AvgIpc) is 3.21. The maximum atomic E-state index is 13.2. The molecule has 0 atom stereocenters. The van der Waals surface area contributed by atoms with E-state index in [1.165, 1.54) is 9.47 Å². The molecule has 2 heterocycles. The third kappa shape index (κ3) is 3.14. The molecule has 0 aliphatic carbocycles. The summed E-state index contributed by atoms with van der Waals surface area (Å²) in [5, 5.41) is 3.89. The van der Waals surface area contributed by atoms with Crippen LogP contribution in [0, 0.1) is 6.92 Å². The van der Waals surface area contributed by atoms with Crippen LogP contribution in [0.1, 0.15) is 35.9 Å². The SMILES string of the molecule is Cc1cccc(NC(=O)c2cc3c(c4ccccc4n3C(C)C)n2C(=O)N(C)C)c1. The molecule has 0 unspecified atom stereocenters. The van der Waals surface area contributed by atoms with Crippen molar-refractivity contribution in [3.63, 3.8) is 0 Å². The molecule has 2 aromatic carbocycles. The van der Waals surface area contributed by atoms with Crippen molar-refractivity contribution in [2.45, 2.75) is 26.8 Å². The van der Waals surface area contributed by atoms with Crippen molar-refractivity contribution in [1.29, 1.82) is 0 Å².